The number of phosphoric acid groups is 2. The van der Waals surface area contributed by atoms with Crippen molar-refractivity contribution < 1.29 is 80.2 Å². The van der Waals surface area contributed by atoms with Gasteiger partial charge in [-0.05, 0) is 167 Å². The van der Waals surface area contributed by atoms with Crippen LogP contribution in [0, 0.1) is 0 Å². The maximum Gasteiger partial charge on any atom is 0.472 e. The summed E-state index contributed by atoms with van der Waals surface area (Å²) in [7, 11) is -10.0. The zero-order valence-corrected chi connectivity index (χ0v) is 67.3. The Kier molecular flexibility index (Phi) is 73.1. The number of esters is 4. The highest BCUT2D eigenvalue weighted by atomic mass is 31.2. The van der Waals surface area contributed by atoms with Crippen LogP contribution in [0.4, 0.5) is 0 Å². The van der Waals surface area contributed by atoms with E-state index >= 15 is 0 Å². The van der Waals surface area contributed by atoms with Gasteiger partial charge >= 0.3 is 39.5 Å². The van der Waals surface area contributed by atoms with E-state index in [1.54, 1.807) is 0 Å². The molecule has 106 heavy (non-hydrogen) atoms. The van der Waals surface area contributed by atoms with E-state index in [0.29, 0.717) is 32.1 Å². The summed E-state index contributed by atoms with van der Waals surface area (Å²) in [6.07, 6.45) is 93.2. The Labute approximate surface area is 641 Å². The van der Waals surface area contributed by atoms with Gasteiger partial charge in [-0.25, -0.2) is 9.13 Å². The molecule has 0 heterocycles. The van der Waals surface area contributed by atoms with Gasteiger partial charge in [-0.1, -0.05) is 274 Å². The topological polar surface area (TPSA) is 237 Å². The van der Waals surface area contributed by atoms with Gasteiger partial charge in [-0.2, -0.15) is 0 Å². The first-order valence-electron chi connectivity index (χ1n) is 40.0. The molecule has 0 aromatic heterocycles. The summed E-state index contributed by atoms with van der Waals surface area (Å²) in [6.45, 7) is 4.35. The summed E-state index contributed by atoms with van der Waals surface area (Å²) in [4.78, 5) is 73.0. The minimum absolute atomic E-state index is 0.0280. The molecule has 0 fully saturated rings. The van der Waals surface area contributed by atoms with Crippen LogP contribution in [0.25, 0.3) is 0 Å². The maximum atomic E-state index is 13.1. The highest BCUT2D eigenvalue weighted by molar-refractivity contribution is 7.47. The Morgan fingerprint density at radius 2 is 0.509 bits per heavy atom. The molecular weight excluding hydrogens is 1380 g/mol. The van der Waals surface area contributed by atoms with Crippen molar-refractivity contribution in [3.8, 4) is 0 Å². The fourth-order valence-corrected chi connectivity index (χ4v) is 11.4. The van der Waals surface area contributed by atoms with E-state index in [4.69, 9.17) is 37.0 Å². The summed E-state index contributed by atoms with van der Waals surface area (Å²) in [5.41, 5.74) is 0. The lowest BCUT2D eigenvalue weighted by molar-refractivity contribution is -0.161. The highest BCUT2D eigenvalue weighted by Crippen LogP contribution is 2.45. The number of ether oxygens (including phenoxy) is 4. The van der Waals surface area contributed by atoms with E-state index in [0.717, 1.165) is 173 Å². The molecule has 0 amide bonds. The molecule has 3 N–H and O–H groups in total. The van der Waals surface area contributed by atoms with Crippen LogP contribution in [0.2, 0.25) is 0 Å². The standard InChI is InChI=1S/C87H140O17P2/c1-5-9-13-17-21-25-29-33-36-38-40-42-45-48-51-55-59-63-67-71-84(89)97-77-82(103-86(91)73-69-65-61-57-53-47-32-28-24-20-16-12-8-4)79-101-105(93,94)99-75-81(88)76-100-106(95,96)102-80-83(104-87(92)74-70-66-62-58-54-50-44-35-31-27-23-19-15-11-7-3)78-98-85(90)72-68-64-60-56-52-49-46-43-41-39-37-34-30-26-22-18-14-10-6-2/h9-11,13-15,21-23,25-28,32-37,40-44,48-49,51-52,59,63,81-83,88H,5-8,12,16-20,24,29-31,38-39,45-47,50,53-58,60-62,64-80H2,1-4H3,(H,93,94)(H,95,96)/b13-9-,14-10-,15-11-,25-21-,26-22-,27-23-,32-28-,36-33-,37-34-,42-40-,43-41-,44-35-,51-48-,52-49-,63-59-. The molecule has 19 heteroatoms. The van der Waals surface area contributed by atoms with E-state index in [1.165, 1.54) is 25.7 Å². The number of phosphoric ester groups is 2. The van der Waals surface area contributed by atoms with Crippen LogP contribution in [0.15, 0.2) is 182 Å². The van der Waals surface area contributed by atoms with Crippen molar-refractivity contribution in [3.63, 3.8) is 0 Å². The molecule has 0 aliphatic heterocycles. The van der Waals surface area contributed by atoms with Crippen LogP contribution >= 0.6 is 15.6 Å². The number of hydrogen-bond acceptors (Lipinski definition) is 15. The van der Waals surface area contributed by atoms with Gasteiger partial charge in [0.15, 0.2) is 12.2 Å². The van der Waals surface area contributed by atoms with Gasteiger partial charge in [0.25, 0.3) is 0 Å². The third-order valence-electron chi connectivity index (χ3n) is 15.9. The SMILES string of the molecule is CC/C=C\C/C=C\C/C=C\C/C=C\C/C=C\C/C=C\CCC(=O)OCC(COP(=O)(O)OCC(O)COP(=O)(O)OCC(COC(=O)CCCCC/C=C\C/C=C\C/C=C\C/C=C\C/C=C\CC)OC(=O)CCCCCCC/C=C\C/C=C\C/C=C\CC)OC(=O)CCCCCCC/C=C\CCCCCC. The lowest BCUT2D eigenvalue weighted by atomic mass is 10.1. The van der Waals surface area contributed by atoms with E-state index in [2.05, 4.69) is 192 Å². The van der Waals surface area contributed by atoms with Gasteiger partial charge in [-0.15, -0.1) is 0 Å². The molecule has 0 spiro atoms. The second kappa shape index (κ2) is 77.3. The monoisotopic (exact) mass is 1520 g/mol. The van der Waals surface area contributed by atoms with E-state index in [9.17, 15) is 43.2 Å². The predicted molar refractivity (Wildman–Crippen MR) is 436 cm³/mol. The summed E-state index contributed by atoms with van der Waals surface area (Å²) in [6, 6.07) is 0. The molecule has 0 radical (unpaired) electrons. The third kappa shape index (κ3) is 76.4. The van der Waals surface area contributed by atoms with Crippen molar-refractivity contribution in [3.05, 3.63) is 182 Å². The fourth-order valence-electron chi connectivity index (χ4n) is 9.87. The Bertz CT molecular complexity index is 2730. The largest absolute Gasteiger partial charge is 0.472 e. The normalized spacial score (nSPS) is 14.8. The van der Waals surface area contributed by atoms with Gasteiger partial charge in [0.2, 0.25) is 0 Å². The number of unbranched alkanes of at least 4 members (excludes halogenated alkanes) is 17. The molecule has 0 bridgehead atoms. The maximum absolute atomic E-state index is 13.1. The van der Waals surface area contributed by atoms with Gasteiger partial charge in [0, 0.05) is 25.7 Å². The smallest absolute Gasteiger partial charge is 0.462 e. The van der Waals surface area contributed by atoms with Gasteiger partial charge in [-0.3, -0.25) is 37.3 Å². The molecule has 0 aromatic rings. The zero-order chi connectivity index (χ0) is 77.4. The number of aliphatic hydroxyl groups is 1. The number of carbonyl (C=O) groups excluding carboxylic acids is 4. The highest BCUT2D eigenvalue weighted by Gasteiger charge is 2.30. The van der Waals surface area contributed by atoms with Gasteiger partial charge in [0.1, 0.15) is 19.3 Å². The lowest BCUT2D eigenvalue weighted by Gasteiger charge is -2.21. The van der Waals surface area contributed by atoms with Crippen molar-refractivity contribution in [2.75, 3.05) is 39.6 Å². The van der Waals surface area contributed by atoms with Gasteiger partial charge < -0.3 is 33.8 Å². The van der Waals surface area contributed by atoms with E-state index in [1.807, 2.05) is 18.2 Å². The Hall–Kier alpha value is -5.84. The van der Waals surface area contributed by atoms with Crippen molar-refractivity contribution in [1.29, 1.82) is 0 Å². The first-order valence-corrected chi connectivity index (χ1v) is 43.0. The van der Waals surface area contributed by atoms with Crippen LogP contribution in [-0.4, -0.2) is 96.7 Å². The van der Waals surface area contributed by atoms with Crippen LogP contribution in [0.1, 0.15) is 285 Å². The Balaban J connectivity index is 5.48. The van der Waals surface area contributed by atoms with Crippen LogP contribution in [0.5, 0.6) is 0 Å². The molecular formula is C87H140O17P2. The average Bonchev–Trinajstić information content (AvgIpc) is 0.901. The average molecular weight is 1520 g/mol. The van der Waals surface area contributed by atoms with Crippen molar-refractivity contribution >= 4 is 39.5 Å². The molecule has 0 saturated carbocycles. The Morgan fingerprint density at radius 3 is 0.830 bits per heavy atom. The van der Waals surface area contributed by atoms with Crippen molar-refractivity contribution in [1.82, 2.24) is 0 Å². The van der Waals surface area contributed by atoms with E-state index in [-0.39, 0.29) is 25.7 Å². The number of carbonyl (C=O) groups is 4. The first kappa shape index (κ1) is 100. The predicted octanol–water partition coefficient (Wildman–Crippen LogP) is 23.6. The summed E-state index contributed by atoms with van der Waals surface area (Å²) in [5, 5.41) is 10.6. The third-order valence-corrected chi connectivity index (χ3v) is 17.8. The van der Waals surface area contributed by atoms with Crippen molar-refractivity contribution in [2.24, 2.45) is 0 Å². The molecule has 0 saturated heterocycles. The van der Waals surface area contributed by atoms with Gasteiger partial charge in [0.05, 0.1) is 26.4 Å². The molecule has 5 unspecified atom stereocenters. The number of allylic oxidation sites excluding steroid dienone is 30. The van der Waals surface area contributed by atoms with Crippen LogP contribution in [0.3, 0.4) is 0 Å². The second-order valence-corrected chi connectivity index (χ2v) is 28.8. The number of hydrogen-bond donors (Lipinski definition) is 3. The van der Waals surface area contributed by atoms with E-state index < -0.39 is 97.5 Å². The molecule has 0 aromatic carbocycles. The summed E-state index contributed by atoms with van der Waals surface area (Å²) < 4.78 is 68.5. The molecule has 17 nitrogen and oxygen atoms in total. The Morgan fingerprint density at radius 1 is 0.274 bits per heavy atom. The van der Waals surface area contributed by atoms with Crippen molar-refractivity contribution in [2.45, 2.75) is 303 Å². The molecule has 5 atom stereocenters. The minimum atomic E-state index is -5.01. The van der Waals surface area contributed by atoms with Crippen LogP contribution < -0.4 is 0 Å². The van der Waals surface area contributed by atoms with Crippen LogP contribution in [-0.2, 0) is 65.4 Å². The molecule has 600 valence electrons. The molecule has 0 aliphatic rings. The number of rotatable bonds is 73. The summed E-state index contributed by atoms with van der Waals surface area (Å²) >= 11 is 0. The molecule has 0 rings (SSSR count). The lowest BCUT2D eigenvalue weighted by Crippen LogP contribution is -2.30. The fraction of sp³-hybridized carbons (Fsp3) is 0.609. The molecule has 0 aliphatic carbocycles. The zero-order valence-electron chi connectivity index (χ0n) is 65.5. The minimum Gasteiger partial charge on any atom is -0.462 e. The quantitative estimate of drug-likeness (QED) is 0.0169. The second-order valence-electron chi connectivity index (χ2n) is 25.9. The number of aliphatic hydroxyl groups excluding tert-OH is 1. The first-order chi connectivity index (χ1) is 51.7. The summed E-state index contributed by atoms with van der Waals surface area (Å²) in [5.74, 6) is -2.35.